The van der Waals surface area contributed by atoms with Gasteiger partial charge in [0.05, 0.1) is 36.5 Å². The van der Waals surface area contributed by atoms with E-state index >= 15 is 0 Å². The molecule has 0 spiro atoms. The molecule has 1 aromatic carbocycles. The number of nitrogens with zero attached hydrogens (tertiary/aromatic N) is 1. The van der Waals surface area contributed by atoms with Gasteiger partial charge in [0.15, 0.2) is 0 Å². The Labute approximate surface area is 121 Å². The molecule has 0 fully saturated rings. The van der Waals surface area contributed by atoms with Gasteiger partial charge in [0.1, 0.15) is 11.5 Å². The van der Waals surface area contributed by atoms with Gasteiger partial charge in [0.25, 0.3) is 0 Å². The van der Waals surface area contributed by atoms with Crippen LogP contribution in [0, 0.1) is 6.92 Å². The lowest BCUT2D eigenvalue weighted by Crippen LogP contribution is -2.00. The molecule has 2 aromatic rings. The Morgan fingerprint density at radius 1 is 1.26 bits per heavy atom. The van der Waals surface area contributed by atoms with Gasteiger partial charge < -0.3 is 14.8 Å². The molecule has 0 aliphatic rings. The molecule has 4 nitrogen and oxygen atoms in total. The first-order chi connectivity index (χ1) is 9.13. The summed E-state index contributed by atoms with van der Waals surface area (Å²) in [6, 6.07) is 3.57. The molecule has 0 aliphatic heterocycles. The zero-order valence-corrected chi connectivity index (χ0v) is 12.6. The summed E-state index contributed by atoms with van der Waals surface area (Å²) in [5.41, 5.74) is 0.833. The van der Waals surface area contributed by atoms with E-state index in [1.54, 1.807) is 37.7 Å². The first-order valence-electron chi connectivity index (χ1n) is 5.70. The maximum Gasteiger partial charge on any atom is 0.145 e. The second-order valence-corrected chi connectivity index (χ2v) is 5.61. The molecule has 0 amide bonds. The standard InChI is InChI=1S/C13H15ClN2O2S/c1-8-15-6-9(19-8)7-16-11-4-10(14)12(17-2)5-13(11)18-3/h4-6,16H,7H2,1-3H3. The van der Waals surface area contributed by atoms with E-state index in [2.05, 4.69) is 10.3 Å². The lowest BCUT2D eigenvalue weighted by Gasteiger charge is -2.13. The Balaban J connectivity index is 2.17. The van der Waals surface area contributed by atoms with Crippen LogP contribution >= 0.6 is 22.9 Å². The highest BCUT2D eigenvalue weighted by atomic mass is 35.5. The Hall–Kier alpha value is -1.46. The highest BCUT2D eigenvalue weighted by Crippen LogP contribution is 2.36. The maximum absolute atomic E-state index is 6.11. The van der Waals surface area contributed by atoms with Crippen LogP contribution in [0.25, 0.3) is 0 Å². The Kier molecular flexibility index (Phi) is 4.50. The van der Waals surface area contributed by atoms with Crippen LogP contribution < -0.4 is 14.8 Å². The Morgan fingerprint density at radius 3 is 2.58 bits per heavy atom. The smallest absolute Gasteiger partial charge is 0.145 e. The fourth-order valence-electron chi connectivity index (χ4n) is 1.67. The molecule has 0 aliphatic carbocycles. The van der Waals surface area contributed by atoms with Crippen molar-refractivity contribution in [3.8, 4) is 11.5 Å². The van der Waals surface area contributed by atoms with Crippen LogP contribution in [-0.2, 0) is 6.54 Å². The summed E-state index contributed by atoms with van der Waals surface area (Å²) in [6.07, 6.45) is 1.87. The largest absolute Gasteiger partial charge is 0.495 e. The van der Waals surface area contributed by atoms with Crippen molar-refractivity contribution >= 4 is 28.6 Å². The molecule has 0 saturated carbocycles. The number of rotatable bonds is 5. The number of ether oxygens (including phenoxy) is 2. The van der Waals surface area contributed by atoms with Gasteiger partial charge in [-0.05, 0) is 13.0 Å². The summed E-state index contributed by atoms with van der Waals surface area (Å²) >= 11 is 7.77. The SMILES string of the molecule is COc1cc(OC)c(NCc2cnc(C)s2)cc1Cl. The number of methoxy groups -OCH3 is 2. The average molecular weight is 299 g/mol. The number of anilines is 1. The predicted molar refractivity (Wildman–Crippen MR) is 78.7 cm³/mol. The first kappa shape index (κ1) is 14.0. The molecule has 6 heteroatoms. The molecule has 1 aromatic heterocycles. The highest BCUT2D eigenvalue weighted by Gasteiger charge is 2.10. The normalized spacial score (nSPS) is 10.3. The van der Waals surface area contributed by atoms with Crippen molar-refractivity contribution in [2.75, 3.05) is 19.5 Å². The Morgan fingerprint density at radius 2 is 2.00 bits per heavy atom. The van der Waals surface area contributed by atoms with E-state index in [0.717, 1.165) is 15.6 Å². The second-order valence-electron chi connectivity index (χ2n) is 3.89. The number of hydrogen-bond acceptors (Lipinski definition) is 5. The molecule has 19 heavy (non-hydrogen) atoms. The summed E-state index contributed by atoms with van der Waals surface area (Å²) in [7, 11) is 3.19. The molecule has 1 N–H and O–H groups in total. The number of aromatic nitrogens is 1. The van der Waals surface area contributed by atoms with Crippen molar-refractivity contribution in [3.05, 3.63) is 33.2 Å². The van der Waals surface area contributed by atoms with Crippen molar-refractivity contribution in [1.29, 1.82) is 0 Å². The van der Waals surface area contributed by atoms with Crippen molar-refractivity contribution in [2.24, 2.45) is 0 Å². The van der Waals surface area contributed by atoms with Gasteiger partial charge >= 0.3 is 0 Å². The molecule has 0 radical (unpaired) electrons. The van der Waals surface area contributed by atoms with Crippen LogP contribution in [-0.4, -0.2) is 19.2 Å². The van der Waals surface area contributed by atoms with E-state index in [0.29, 0.717) is 23.1 Å². The minimum atomic E-state index is 0.547. The molecule has 0 saturated heterocycles. The molecule has 102 valence electrons. The van der Waals surface area contributed by atoms with E-state index < -0.39 is 0 Å². The number of benzene rings is 1. The fraction of sp³-hybridized carbons (Fsp3) is 0.308. The molecular formula is C13H15ClN2O2S. The van der Waals surface area contributed by atoms with E-state index in [4.69, 9.17) is 21.1 Å². The van der Waals surface area contributed by atoms with Crippen LogP contribution in [0.15, 0.2) is 18.3 Å². The zero-order valence-electron chi connectivity index (χ0n) is 11.0. The van der Waals surface area contributed by atoms with Gasteiger partial charge in [-0.2, -0.15) is 0 Å². The van der Waals surface area contributed by atoms with E-state index in [1.165, 1.54) is 0 Å². The minimum Gasteiger partial charge on any atom is -0.495 e. The third-order valence-electron chi connectivity index (χ3n) is 2.60. The summed E-state index contributed by atoms with van der Waals surface area (Å²) < 4.78 is 10.5. The Bertz CT molecular complexity index is 572. The van der Waals surface area contributed by atoms with Crippen LogP contribution in [0.4, 0.5) is 5.69 Å². The van der Waals surface area contributed by atoms with Gasteiger partial charge in [0.2, 0.25) is 0 Å². The number of nitrogens with one attached hydrogen (secondary N) is 1. The molecule has 0 atom stereocenters. The van der Waals surface area contributed by atoms with Gasteiger partial charge in [-0.3, -0.25) is 0 Å². The quantitative estimate of drug-likeness (QED) is 0.913. The van der Waals surface area contributed by atoms with Crippen molar-refractivity contribution in [3.63, 3.8) is 0 Å². The van der Waals surface area contributed by atoms with Gasteiger partial charge in [-0.15, -0.1) is 11.3 Å². The minimum absolute atomic E-state index is 0.547. The lowest BCUT2D eigenvalue weighted by molar-refractivity contribution is 0.395. The van der Waals surface area contributed by atoms with Crippen molar-refractivity contribution in [2.45, 2.75) is 13.5 Å². The van der Waals surface area contributed by atoms with E-state index in [1.807, 2.05) is 13.1 Å². The number of hydrogen-bond donors (Lipinski definition) is 1. The van der Waals surface area contributed by atoms with Gasteiger partial charge in [-0.25, -0.2) is 4.98 Å². The van der Waals surface area contributed by atoms with Gasteiger partial charge in [-0.1, -0.05) is 11.6 Å². The number of halogens is 1. The third-order valence-corrected chi connectivity index (χ3v) is 3.80. The fourth-order valence-corrected chi connectivity index (χ4v) is 2.64. The molecule has 0 bridgehead atoms. The third kappa shape index (κ3) is 3.30. The number of thiazole rings is 1. The number of aryl methyl sites for hydroxylation is 1. The maximum atomic E-state index is 6.11. The second kappa shape index (κ2) is 6.12. The predicted octanol–water partition coefficient (Wildman–Crippen LogP) is 3.73. The van der Waals surface area contributed by atoms with Crippen LogP contribution in [0.3, 0.4) is 0 Å². The van der Waals surface area contributed by atoms with Crippen LogP contribution in [0.1, 0.15) is 9.88 Å². The van der Waals surface area contributed by atoms with Crippen molar-refractivity contribution in [1.82, 2.24) is 4.98 Å². The molecule has 1 heterocycles. The zero-order chi connectivity index (χ0) is 13.8. The monoisotopic (exact) mass is 298 g/mol. The molecule has 2 rings (SSSR count). The lowest BCUT2D eigenvalue weighted by atomic mass is 10.2. The van der Waals surface area contributed by atoms with Crippen molar-refractivity contribution < 1.29 is 9.47 Å². The van der Waals surface area contributed by atoms with E-state index in [9.17, 15) is 0 Å². The summed E-state index contributed by atoms with van der Waals surface area (Å²) in [6.45, 7) is 2.67. The van der Waals surface area contributed by atoms with Crippen LogP contribution in [0.2, 0.25) is 5.02 Å². The summed E-state index contributed by atoms with van der Waals surface area (Å²) in [5, 5.41) is 4.89. The van der Waals surface area contributed by atoms with Crippen LogP contribution in [0.5, 0.6) is 11.5 Å². The summed E-state index contributed by atoms with van der Waals surface area (Å²) in [4.78, 5) is 5.38. The average Bonchev–Trinajstić information content (AvgIpc) is 2.82. The topological polar surface area (TPSA) is 43.4 Å². The first-order valence-corrected chi connectivity index (χ1v) is 6.90. The van der Waals surface area contributed by atoms with E-state index in [-0.39, 0.29) is 0 Å². The molecule has 0 unspecified atom stereocenters. The highest BCUT2D eigenvalue weighted by molar-refractivity contribution is 7.11. The molecular weight excluding hydrogens is 284 g/mol. The summed E-state index contributed by atoms with van der Waals surface area (Å²) in [5.74, 6) is 1.29. The van der Waals surface area contributed by atoms with Gasteiger partial charge in [0, 0.05) is 17.1 Å².